The van der Waals surface area contributed by atoms with Gasteiger partial charge in [0.05, 0.1) is 6.61 Å². The molecule has 0 aliphatic rings. The molecule has 0 fully saturated rings. The molecule has 0 aliphatic carbocycles. The van der Waals surface area contributed by atoms with Crippen molar-refractivity contribution in [1.82, 2.24) is 0 Å². The number of carbonyl (C=O) groups is 2. The summed E-state index contributed by atoms with van der Waals surface area (Å²) in [5, 5.41) is 37.8. The zero-order valence-electron chi connectivity index (χ0n) is 14.0. The Hall–Kier alpha value is -2.52. The second-order valence-corrected chi connectivity index (χ2v) is 5.67. The molecule has 26 heavy (non-hydrogen) atoms. The van der Waals surface area contributed by atoms with Gasteiger partial charge in [0.15, 0.2) is 12.4 Å². The fraction of sp³-hybridized carbons (Fsp3) is 0.333. The molecule has 4 N–H and O–H groups in total. The molecule has 2 aromatic rings. The predicted octanol–water partition coefficient (Wildman–Crippen LogP) is 0.375. The smallest absolute Gasteiger partial charge is 0.342 e. The Kier molecular flexibility index (Phi) is 6.64. The zero-order valence-corrected chi connectivity index (χ0v) is 14.0. The second-order valence-electron chi connectivity index (χ2n) is 5.67. The molecule has 0 amide bonds. The minimum Gasteiger partial charge on any atom is -0.463 e. The maximum absolute atomic E-state index is 12.1. The number of ketones is 1. The second kappa shape index (κ2) is 8.72. The zero-order chi connectivity index (χ0) is 19.3. The fourth-order valence-electron chi connectivity index (χ4n) is 2.26. The first-order valence-electron chi connectivity index (χ1n) is 7.86. The molecule has 0 saturated heterocycles. The molecule has 140 valence electrons. The summed E-state index contributed by atoms with van der Waals surface area (Å²) in [7, 11) is 0. The Bertz CT molecular complexity index is 752. The van der Waals surface area contributed by atoms with Gasteiger partial charge in [-0.25, -0.2) is 4.79 Å². The van der Waals surface area contributed by atoms with E-state index in [1.54, 1.807) is 30.3 Å². The van der Waals surface area contributed by atoms with E-state index in [-0.39, 0.29) is 22.9 Å². The summed E-state index contributed by atoms with van der Waals surface area (Å²) in [6.45, 7) is 0.228. The van der Waals surface area contributed by atoms with Crippen LogP contribution in [0.5, 0.6) is 0 Å². The average Bonchev–Trinajstić information content (AvgIpc) is 3.06. The summed E-state index contributed by atoms with van der Waals surface area (Å²) < 4.78 is 10.2. The molecule has 2 rings (SSSR count). The maximum atomic E-state index is 12.1. The molecule has 1 aromatic heterocycles. The Morgan fingerprint density at radius 2 is 1.81 bits per heavy atom. The third-order valence-electron chi connectivity index (χ3n) is 3.78. The minimum atomic E-state index is -1.70. The maximum Gasteiger partial charge on any atom is 0.342 e. The van der Waals surface area contributed by atoms with Crippen molar-refractivity contribution in [2.75, 3.05) is 13.2 Å². The average molecular weight is 364 g/mol. The number of esters is 1. The van der Waals surface area contributed by atoms with Crippen molar-refractivity contribution in [2.24, 2.45) is 0 Å². The first-order chi connectivity index (χ1) is 12.3. The number of rotatable bonds is 8. The third kappa shape index (κ3) is 4.55. The summed E-state index contributed by atoms with van der Waals surface area (Å²) in [6, 6.07) is 9.49. The van der Waals surface area contributed by atoms with Crippen molar-refractivity contribution in [3.05, 3.63) is 59.0 Å². The lowest BCUT2D eigenvalue weighted by Crippen LogP contribution is -2.34. The molecule has 0 saturated carbocycles. The molecule has 1 aromatic carbocycles. The van der Waals surface area contributed by atoms with Crippen LogP contribution in [0.4, 0.5) is 0 Å². The van der Waals surface area contributed by atoms with Crippen LogP contribution in [-0.2, 0) is 4.74 Å². The number of ether oxygens (including phenoxy) is 1. The van der Waals surface area contributed by atoms with Crippen LogP contribution in [0, 0.1) is 6.92 Å². The van der Waals surface area contributed by atoms with E-state index in [9.17, 15) is 24.9 Å². The molecular formula is C18H20O8. The van der Waals surface area contributed by atoms with Gasteiger partial charge in [0.1, 0.15) is 35.4 Å². The lowest BCUT2D eigenvalue weighted by Gasteiger charge is -2.19. The van der Waals surface area contributed by atoms with E-state index in [1.165, 1.54) is 6.92 Å². The molecule has 8 heteroatoms. The van der Waals surface area contributed by atoms with E-state index in [0.29, 0.717) is 5.56 Å². The number of carbonyl (C=O) groups excluding carboxylic acids is 2. The summed E-state index contributed by atoms with van der Waals surface area (Å²) in [4.78, 5) is 24.1. The largest absolute Gasteiger partial charge is 0.463 e. The van der Waals surface area contributed by atoms with Gasteiger partial charge in [-0.1, -0.05) is 30.3 Å². The van der Waals surface area contributed by atoms with E-state index in [0.717, 1.165) is 6.07 Å². The Labute approximate surface area is 149 Å². The number of aliphatic hydroxyl groups is 4. The van der Waals surface area contributed by atoms with Gasteiger partial charge >= 0.3 is 5.97 Å². The highest BCUT2D eigenvalue weighted by molar-refractivity contribution is 5.99. The predicted molar refractivity (Wildman–Crippen MR) is 88.6 cm³/mol. The molecule has 0 spiro atoms. The molecule has 1 heterocycles. The summed E-state index contributed by atoms with van der Waals surface area (Å²) in [6.07, 6.45) is -4.92. The summed E-state index contributed by atoms with van der Waals surface area (Å²) in [5.41, 5.74) is 0.382. The highest BCUT2D eigenvalue weighted by Gasteiger charge is 2.30. The van der Waals surface area contributed by atoms with Crippen molar-refractivity contribution < 1.29 is 39.2 Å². The van der Waals surface area contributed by atoms with Gasteiger partial charge in [0.2, 0.25) is 0 Å². The van der Waals surface area contributed by atoms with Crippen LogP contribution in [0.15, 0.2) is 40.8 Å². The van der Waals surface area contributed by atoms with Crippen LogP contribution in [0.3, 0.4) is 0 Å². The normalized spacial score (nSPS) is 14.5. The molecule has 8 nitrogen and oxygen atoms in total. The lowest BCUT2D eigenvalue weighted by atomic mass is 10.1. The topological polar surface area (TPSA) is 137 Å². The van der Waals surface area contributed by atoms with Gasteiger partial charge in [-0.15, -0.1) is 0 Å². The van der Waals surface area contributed by atoms with Gasteiger partial charge in [-0.2, -0.15) is 0 Å². The van der Waals surface area contributed by atoms with Crippen LogP contribution in [-0.4, -0.2) is 57.6 Å². The molecule has 0 aliphatic heterocycles. The number of benzene rings is 1. The van der Waals surface area contributed by atoms with Crippen molar-refractivity contribution in [3.63, 3.8) is 0 Å². The summed E-state index contributed by atoms with van der Waals surface area (Å²) >= 11 is 0. The van der Waals surface area contributed by atoms with Gasteiger partial charge in [0, 0.05) is 5.56 Å². The number of hydrogen-bond acceptors (Lipinski definition) is 8. The third-order valence-corrected chi connectivity index (χ3v) is 3.78. The Balaban J connectivity index is 2.03. The first-order valence-corrected chi connectivity index (χ1v) is 7.86. The van der Waals surface area contributed by atoms with E-state index < -0.39 is 37.5 Å². The van der Waals surface area contributed by atoms with Gasteiger partial charge in [0.25, 0.3) is 0 Å². The SMILES string of the molecule is Cc1oc([C@H](O)[C@H](O)[C@H](O)CO)cc1C(=O)OCC(=O)c1ccccc1. The van der Waals surface area contributed by atoms with E-state index in [2.05, 4.69) is 0 Å². The Morgan fingerprint density at radius 1 is 1.15 bits per heavy atom. The van der Waals surface area contributed by atoms with Crippen LogP contribution in [0.2, 0.25) is 0 Å². The highest BCUT2D eigenvalue weighted by atomic mass is 16.5. The van der Waals surface area contributed by atoms with Crippen LogP contribution in [0.1, 0.15) is 38.3 Å². The molecule has 3 atom stereocenters. The van der Waals surface area contributed by atoms with Gasteiger partial charge in [-0.05, 0) is 13.0 Å². The van der Waals surface area contributed by atoms with Crippen LogP contribution >= 0.6 is 0 Å². The minimum absolute atomic E-state index is 0.0226. The van der Waals surface area contributed by atoms with E-state index >= 15 is 0 Å². The molecular weight excluding hydrogens is 344 g/mol. The number of Topliss-reactive ketones (excluding diaryl/α,β-unsaturated/α-hetero) is 1. The number of furan rings is 1. The molecule has 0 unspecified atom stereocenters. The standard InChI is InChI=1S/C18H20O8/c1-10-12(7-15(26-10)17(23)16(22)13(20)8-19)18(24)25-9-14(21)11-5-3-2-4-6-11/h2-7,13,16-17,19-20,22-23H,8-9H2,1H3/t13-,16-,17+/m1/s1. The van der Waals surface area contributed by atoms with Crippen molar-refractivity contribution in [2.45, 2.75) is 25.2 Å². The first kappa shape index (κ1) is 19.8. The van der Waals surface area contributed by atoms with Crippen molar-refractivity contribution >= 4 is 11.8 Å². The van der Waals surface area contributed by atoms with Crippen LogP contribution in [0.25, 0.3) is 0 Å². The van der Waals surface area contributed by atoms with Gasteiger partial charge in [-0.3, -0.25) is 4.79 Å². The number of aryl methyl sites for hydroxylation is 1. The summed E-state index contributed by atoms with van der Waals surface area (Å²) in [5.74, 6) is -1.27. The highest BCUT2D eigenvalue weighted by Crippen LogP contribution is 2.25. The van der Waals surface area contributed by atoms with E-state index in [4.69, 9.17) is 14.3 Å². The Morgan fingerprint density at radius 3 is 2.42 bits per heavy atom. The fourth-order valence-corrected chi connectivity index (χ4v) is 2.26. The number of aliphatic hydroxyl groups excluding tert-OH is 4. The number of hydrogen-bond donors (Lipinski definition) is 4. The molecule has 0 bridgehead atoms. The van der Waals surface area contributed by atoms with Gasteiger partial charge < -0.3 is 29.6 Å². The lowest BCUT2D eigenvalue weighted by molar-refractivity contribution is -0.0837. The molecule has 0 radical (unpaired) electrons. The monoisotopic (exact) mass is 364 g/mol. The van der Waals surface area contributed by atoms with Crippen LogP contribution < -0.4 is 0 Å². The van der Waals surface area contributed by atoms with E-state index in [1.807, 2.05) is 0 Å². The van der Waals surface area contributed by atoms with Crippen molar-refractivity contribution in [1.29, 1.82) is 0 Å². The quantitative estimate of drug-likeness (QED) is 0.390. The van der Waals surface area contributed by atoms with Crippen molar-refractivity contribution in [3.8, 4) is 0 Å².